The number of aromatic nitrogens is 1. The smallest absolute Gasteiger partial charge is 0.126 e. The molecule has 0 saturated heterocycles. The molecule has 3 heteroatoms. The maximum absolute atomic E-state index is 13.1. The number of benzene rings is 1. The largest absolute Gasteiger partial charge is 0.260 e. The Labute approximate surface area is 105 Å². The summed E-state index contributed by atoms with van der Waals surface area (Å²) in [6, 6.07) is 7.19. The van der Waals surface area contributed by atoms with Crippen molar-refractivity contribution in [3.05, 3.63) is 53.9 Å². The SMILES string of the molecule is CC(C)(C)c1ccc(-c2cc(F)cc(F)c2)cn1. The van der Waals surface area contributed by atoms with Gasteiger partial charge in [-0.1, -0.05) is 26.8 Å². The zero-order chi connectivity index (χ0) is 13.3. The molecule has 0 atom stereocenters. The van der Waals surface area contributed by atoms with E-state index in [0.29, 0.717) is 11.1 Å². The first-order chi connectivity index (χ1) is 8.36. The van der Waals surface area contributed by atoms with E-state index < -0.39 is 11.6 Å². The Morgan fingerprint density at radius 1 is 0.889 bits per heavy atom. The van der Waals surface area contributed by atoms with Crippen LogP contribution in [0.4, 0.5) is 8.78 Å². The standard InChI is InChI=1S/C15H15F2N/c1-15(2,3)14-5-4-10(9-18-14)11-6-12(16)8-13(17)7-11/h4-9H,1-3H3. The number of hydrogen-bond donors (Lipinski definition) is 0. The highest BCUT2D eigenvalue weighted by atomic mass is 19.1. The molecule has 1 nitrogen and oxygen atoms in total. The monoisotopic (exact) mass is 247 g/mol. The summed E-state index contributed by atoms with van der Waals surface area (Å²) in [5, 5.41) is 0. The van der Waals surface area contributed by atoms with Gasteiger partial charge in [-0.2, -0.15) is 0 Å². The zero-order valence-electron chi connectivity index (χ0n) is 10.7. The van der Waals surface area contributed by atoms with Gasteiger partial charge in [-0.25, -0.2) is 8.78 Å². The maximum atomic E-state index is 13.1. The number of nitrogens with zero attached hydrogens (tertiary/aromatic N) is 1. The fourth-order valence-electron chi connectivity index (χ4n) is 1.73. The summed E-state index contributed by atoms with van der Waals surface area (Å²) >= 11 is 0. The van der Waals surface area contributed by atoms with E-state index in [2.05, 4.69) is 25.8 Å². The zero-order valence-corrected chi connectivity index (χ0v) is 10.7. The van der Waals surface area contributed by atoms with Gasteiger partial charge in [0, 0.05) is 28.9 Å². The molecule has 0 bridgehead atoms. The van der Waals surface area contributed by atoms with Gasteiger partial charge in [-0.3, -0.25) is 4.98 Å². The Morgan fingerprint density at radius 3 is 1.94 bits per heavy atom. The first-order valence-electron chi connectivity index (χ1n) is 5.79. The van der Waals surface area contributed by atoms with Gasteiger partial charge in [0.05, 0.1) is 0 Å². The van der Waals surface area contributed by atoms with Gasteiger partial charge in [-0.05, 0) is 23.8 Å². The summed E-state index contributed by atoms with van der Waals surface area (Å²) in [5.41, 5.74) is 2.12. The predicted molar refractivity (Wildman–Crippen MR) is 68.3 cm³/mol. The summed E-state index contributed by atoms with van der Waals surface area (Å²) < 4.78 is 26.2. The summed E-state index contributed by atoms with van der Waals surface area (Å²) in [6.07, 6.45) is 1.65. The lowest BCUT2D eigenvalue weighted by Crippen LogP contribution is -2.12. The van der Waals surface area contributed by atoms with Crippen LogP contribution in [0.5, 0.6) is 0 Å². The second-order valence-corrected chi connectivity index (χ2v) is 5.34. The van der Waals surface area contributed by atoms with Crippen molar-refractivity contribution in [3.8, 4) is 11.1 Å². The molecule has 0 amide bonds. The molecule has 0 aliphatic carbocycles. The molecule has 2 rings (SSSR count). The van der Waals surface area contributed by atoms with Gasteiger partial charge in [0.1, 0.15) is 11.6 Å². The first-order valence-corrected chi connectivity index (χ1v) is 5.79. The van der Waals surface area contributed by atoms with Gasteiger partial charge < -0.3 is 0 Å². The summed E-state index contributed by atoms with van der Waals surface area (Å²) in [4.78, 5) is 4.34. The lowest BCUT2D eigenvalue weighted by atomic mass is 9.91. The molecule has 94 valence electrons. The van der Waals surface area contributed by atoms with Crippen molar-refractivity contribution in [2.45, 2.75) is 26.2 Å². The van der Waals surface area contributed by atoms with Crippen LogP contribution in [0.1, 0.15) is 26.5 Å². The second-order valence-electron chi connectivity index (χ2n) is 5.34. The highest BCUT2D eigenvalue weighted by molar-refractivity contribution is 5.62. The minimum absolute atomic E-state index is 0.0360. The maximum Gasteiger partial charge on any atom is 0.126 e. The van der Waals surface area contributed by atoms with Crippen LogP contribution in [0.15, 0.2) is 36.5 Å². The van der Waals surface area contributed by atoms with Crippen molar-refractivity contribution in [1.82, 2.24) is 4.98 Å². The van der Waals surface area contributed by atoms with Crippen LogP contribution < -0.4 is 0 Å². The van der Waals surface area contributed by atoms with Crippen molar-refractivity contribution >= 4 is 0 Å². The Kier molecular flexibility index (Phi) is 3.16. The Hall–Kier alpha value is -1.77. The molecule has 0 unspecified atom stereocenters. The van der Waals surface area contributed by atoms with Crippen molar-refractivity contribution in [1.29, 1.82) is 0 Å². The Morgan fingerprint density at radius 2 is 1.50 bits per heavy atom. The number of hydrogen-bond acceptors (Lipinski definition) is 1. The number of halogens is 2. The van der Waals surface area contributed by atoms with Crippen LogP contribution in [0, 0.1) is 11.6 Å². The van der Waals surface area contributed by atoms with E-state index in [0.717, 1.165) is 11.8 Å². The van der Waals surface area contributed by atoms with Crippen molar-refractivity contribution in [2.24, 2.45) is 0 Å². The summed E-state index contributed by atoms with van der Waals surface area (Å²) in [6.45, 7) is 6.20. The van der Waals surface area contributed by atoms with Crippen LogP contribution in [0.2, 0.25) is 0 Å². The van der Waals surface area contributed by atoms with Crippen molar-refractivity contribution in [2.75, 3.05) is 0 Å². The predicted octanol–water partition coefficient (Wildman–Crippen LogP) is 4.32. The Bertz CT molecular complexity index is 533. The van der Waals surface area contributed by atoms with Crippen molar-refractivity contribution < 1.29 is 8.78 Å². The number of rotatable bonds is 1. The van der Waals surface area contributed by atoms with Crippen LogP contribution in [0.3, 0.4) is 0 Å². The molecule has 0 spiro atoms. The molecular weight excluding hydrogens is 232 g/mol. The van der Waals surface area contributed by atoms with E-state index in [9.17, 15) is 8.78 Å². The summed E-state index contributed by atoms with van der Waals surface area (Å²) in [7, 11) is 0. The Balaban J connectivity index is 2.40. The molecule has 0 N–H and O–H groups in total. The third-order valence-electron chi connectivity index (χ3n) is 2.73. The molecule has 0 aliphatic rings. The average Bonchev–Trinajstić information content (AvgIpc) is 2.27. The number of pyridine rings is 1. The minimum Gasteiger partial charge on any atom is -0.260 e. The molecule has 0 fully saturated rings. The van der Waals surface area contributed by atoms with Gasteiger partial charge in [0.25, 0.3) is 0 Å². The van der Waals surface area contributed by atoms with Gasteiger partial charge in [0.15, 0.2) is 0 Å². The molecule has 1 aromatic carbocycles. The lowest BCUT2D eigenvalue weighted by molar-refractivity contribution is 0.569. The molecule has 1 heterocycles. The van der Waals surface area contributed by atoms with E-state index in [1.807, 2.05) is 12.1 Å². The molecule has 0 aliphatic heterocycles. The van der Waals surface area contributed by atoms with E-state index in [-0.39, 0.29) is 5.41 Å². The van der Waals surface area contributed by atoms with Gasteiger partial charge in [0.2, 0.25) is 0 Å². The van der Waals surface area contributed by atoms with Crippen LogP contribution in [-0.2, 0) is 5.41 Å². The third-order valence-corrected chi connectivity index (χ3v) is 2.73. The third kappa shape index (κ3) is 2.73. The molecular formula is C15H15F2N. The molecule has 1 aromatic heterocycles. The fourth-order valence-corrected chi connectivity index (χ4v) is 1.73. The van der Waals surface area contributed by atoms with E-state index in [1.54, 1.807) is 6.20 Å². The van der Waals surface area contributed by atoms with Gasteiger partial charge in [-0.15, -0.1) is 0 Å². The van der Waals surface area contributed by atoms with E-state index in [1.165, 1.54) is 12.1 Å². The van der Waals surface area contributed by atoms with Crippen molar-refractivity contribution in [3.63, 3.8) is 0 Å². The van der Waals surface area contributed by atoms with Crippen LogP contribution in [0.25, 0.3) is 11.1 Å². The molecule has 2 aromatic rings. The second kappa shape index (κ2) is 4.48. The highest BCUT2D eigenvalue weighted by Gasteiger charge is 2.15. The van der Waals surface area contributed by atoms with Crippen LogP contribution in [-0.4, -0.2) is 4.98 Å². The van der Waals surface area contributed by atoms with E-state index in [4.69, 9.17) is 0 Å². The first kappa shape index (κ1) is 12.7. The van der Waals surface area contributed by atoms with E-state index >= 15 is 0 Å². The highest BCUT2D eigenvalue weighted by Crippen LogP contribution is 2.24. The molecule has 18 heavy (non-hydrogen) atoms. The van der Waals surface area contributed by atoms with Crippen LogP contribution >= 0.6 is 0 Å². The minimum atomic E-state index is -0.579. The fraction of sp³-hybridized carbons (Fsp3) is 0.267. The summed E-state index contributed by atoms with van der Waals surface area (Å²) in [5.74, 6) is -1.16. The molecule has 0 radical (unpaired) electrons. The average molecular weight is 247 g/mol. The normalized spacial score (nSPS) is 11.6. The topological polar surface area (TPSA) is 12.9 Å². The van der Waals surface area contributed by atoms with Gasteiger partial charge >= 0.3 is 0 Å². The quantitative estimate of drug-likeness (QED) is 0.731. The lowest BCUT2D eigenvalue weighted by Gasteiger charge is -2.17. The molecule has 0 saturated carbocycles.